The molecule has 0 spiro atoms. The number of hydrogen-bond donors (Lipinski definition) is 0. The van der Waals surface area contributed by atoms with E-state index in [1.807, 2.05) is 6.07 Å². The van der Waals surface area contributed by atoms with E-state index in [1.165, 1.54) is 44.5 Å². The summed E-state index contributed by atoms with van der Waals surface area (Å²) in [5.41, 5.74) is 9.70. The second-order valence-electron chi connectivity index (χ2n) is 7.59. The molecule has 0 heterocycles. The Balaban J connectivity index is 1.65. The average Bonchev–Trinajstić information content (AvgIpc) is 2.85. The Morgan fingerprint density at radius 1 is 0.323 bits per heavy atom. The summed E-state index contributed by atoms with van der Waals surface area (Å²) >= 11 is 3.84. The molecule has 5 aromatic rings. The number of halogens is 1. The van der Waals surface area contributed by atoms with Gasteiger partial charge in [-0.05, 0) is 68.8 Å². The van der Waals surface area contributed by atoms with Crippen LogP contribution in [0.25, 0.3) is 44.5 Å². The van der Waals surface area contributed by atoms with Crippen molar-refractivity contribution in [3.05, 3.63) is 132 Å². The lowest BCUT2D eigenvalue weighted by Gasteiger charge is -2.13. The molecule has 0 fully saturated rings. The molecule has 0 N–H and O–H groups in total. The van der Waals surface area contributed by atoms with Gasteiger partial charge in [-0.2, -0.15) is 0 Å². The molecule has 1 heteroatoms. The lowest BCUT2D eigenvalue weighted by molar-refractivity contribution is 1.54. The molecule has 5 aromatic carbocycles. The van der Waals surface area contributed by atoms with Crippen molar-refractivity contribution in [2.45, 2.75) is 0 Å². The third-order valence-corrected chi connectivity index (χ3v) is 6.19. The van der Waals surface area contributed by atoms with Crippen molar-refractivity contribution in [1.29, 1.82) is 0 Å². The molecule has 0 aromatic heterocycles. The van der Waals surface area contributed by atoms with Crippen LogP contribution in [-0.4, -0.2) is 0 Å². The third kappa shape index (κ3) is 4.23. The van der Waals surface area contributed by atoms with E-state index in [1.54, 1.807) is 0 Å². The quantitative estimate of drug-likeness (QED) is 0.250. The van der Waals surface area contributed by atoms with Crippen LogP contribution in [0.5, 0.6) is 0 Å². The van der Waals surface area contributed by atoms with Gasteiger partial charge in [0.05, 0.1) is 0 Å². The first kappa shape index (κ1) is 19.5. The van der Waals surface area contributed by atoms with Crippen molar-refractivity contribution in [3.8, 4) is 44.5 Å². The molecular weight excluding hydrogens is 440 g/mol. The van der Waals surface area contributed by atoms with Crippen molar-refractivity contribution in [2.75, 3.05) is 0 Å². The van der Waals surface area contributed by atoms with Gasteiger partial charge in [0.15, 0.2) is 0 Å². The van der Waals surface area contributed by atoms with Gasteiger partial charge in [-0.25, -0.2) is 0 Å². The molecule has 0 aliphatic rings. The highest BCUT2D eigenvalue weighted by Crippen LogP contribution is 2.37. The summed E-state index contributed by atoms with van der Waals surface area (Å²) in [6.07, 6.45) is 0. The van der Waals surface area contributed by atoms with E-state index >= 15 is 0 Å². The summed E-state index contributed by atoms with van der Waals surface area (Å²) in [5, 5.41) is 0. The normalized spacial score (nSPS) is 10.7. The van der Waals surface area contributed by atoms with Gasteiger partial charge in [-0.1, -0.05) is 119 Å². The summed E-state index contributed by atoms with van der Waals surface area (Å²) < 4.78 is 1.10. The second kappa shape index (κ2) is 8.75. The first-order valence-electron chi connectivity index (χ1n) is 10.4. The van der Waals surface area contributed by atoms with Gasteiger partial charge in [0.25, 0.3) is 0 Å². The first-order valence-corrected chi connectivity index (χ1v) is 11.2. The predicted molar refractivity (Wildman–Crippen MR) is 136 cm³/mol. The summed E-state index contributed by atoms with van der Waals surface area (Å²) in [7, 11) is 0. The molecule has 0 amide bonds. The zero-order valence-corrected chi connectivity index (χ0v) is 18.6. The van der Waals surface area contributed by atoms with Crippen molar-refractivity contribution < 1.29 is 0 Å². The highest BCUT2D eigenvalue weighted by molar-refractivity contribution is 9.10. The second-order valence-corrected chi connectivity index (χ2v) is 8.45. The fourth-order valence-corrected chi connectivity index (χ4v) is 4.54. The topological polar surface area (TPSA) is 0 Å². The molecule has 0 aliphatic heterocycles. The van der Waals surface area contributed by atoms with E-state index in [0.717, 1.165) is 4.47 Å². The van der Waals surface area contributed by atoms with Crippen molar-refractivity contribution >= 4 is 15.9 Å². The van der Waals surface area contributed by atoms with E-state index in [-0.39, 0.29) is 0 Å². The zero-order valence-electron chi connectivity index (χ0n) is 17.0. The molecular formula is C30H21Br. The Bertz CT molecular complexity index is 1250. The molecule has 0 aliphatic carbocycles. The van der Waals surface area contributed by atoms with Crippen LogP contribution in [0.4, 0.5) is 0 Å². The number of rotatable bonds is 4. The van der Waals surface area contributed by atoms with Crippen LogP contribution in [-0.2, 0) is 0 Å². The van der Waals surface area contributed by atoms with Crippen molar-refractivity contribution in [3.63, 3.8) is 0 Å². The lowest BCUT2D eigenvalue weighted by Crippen LogP contribution is -1.88. The van der Waals surface area contributed by atoms with Crippen LogP contribution in [0.2, 0.25) is 0 Å². The van der Waals surface area contributed by atoms with Gasteiger partial charge in [0.2, 0.25) is 0 Å². The molecule has 148 valence electrons. The maximum atomic E-state index is 3.84. The molecule has 0 bridgehead atoms. The van der Waals surface area contributed by atoms with E-state index in [2.05, 4.69) is 137 Å². The average molecular weight is 461 g/mol. The van der Waals surface area contributed by atoms with Crippen LogP contribution < -0.4 is 0 Å². The van der Waals surface area contributed by atoms with E-state index in [4.69, 9.17) is 0 Å². The molecule has 0 saturated carbocycles. The first-order chi connectivity index (χ1) is 15.3. The van der Waals surface area contributed by atoms with E-state index in [0.29, 0.717) is 0 Å². The summed E-state index contributed by atoms with van der Waals surface area (Å²) in [5.74, 6) is 0. The zero-order chi connectivity index (χ0) is 21.0. The predicted octanol–water partition coefficient (Wildman–Crippen LogP) is 9.12. The third-order valence-electron chi connectivity index (χ3n) is 5.53. The molecule has 0 radical (unpaired) electrons. The van der Waals surface area contributed by atoms with Crippen LogP contribution in [0.3, 0.4) is 0 Å². The smallest absolute Gasteiger partial charge is 0.0259 e. The van der Waals surface area contributed by atoms with Crippen LogP contribution in [0.1, 0.15) is 0 Å². The molecule has 0 saturated heterocycles. The van der Waals surface area contributed by atoms with Crippen LogP contribution in [0, 0.1) is 0 Å². The maximum absolute atomic E-state index is 3.84. The lowest BCUT2D eigenvalue weighted by atomic mass is 9.92. The number of benzene rings is 5. The van der Waals surface area contributed by atoms with Crippen LogP contribution in [0.15, 0.2) is 132 Å². The van der Waals surface area contributed by atoms with Crippen molar-refractivity contribution in [2.24, 2.45) is 0 Å². The highest BCUT2D eigenvalue weighted by atomic mass is 79.9. The largest absolute Gasteiger partial charge is 0.0622 e. The Labute approximate surface area is 192 Å². The van der Waals surface area contributed by atoms with Gasteiger partial charge in [-0.15, -0.1) is 0 Å². The van der Waals surface area contributed by atoms with Crippen LogP contribution >= 0.6 is 15.9 Å². The minimum Gasteiger partial charge on any atom is -0.0622 e. The maximum Gasteiger partial charge on any atom is 0.0259 e. The monoisotopic (exact) mass is 460 g/mol. The van der Waals surface area contributed by atoms with E-state index in [9.17, 15) is 0 Å². The Morgan fingerprint density at radius 2 is 0.742 bits per heavy atom. The number of hydrogen-bond acceptors (Lipinski definition) is 0. The summed E-state index contributed by atoms with van der Waals surface area (Å²) in [6.45, 7) is 0. The van der Waals surface area contributed by atoms with Gasteiger partial charge in [0.1, 0.15) is 0 Å². The fourth-order valence-electron chi connectivity index (χ4n) is 3.94. The fraction of sp³-hybridized carbons (Fsp3) is 0. The Hall–Kier alpha value is -3.42. The SMILES string of the molecule is Brc1cc(-c2ccccc2)ccc1-c1cc(-c2ccccc2)cc(-c2ccccc2)c1. The van der Waals surface area contributed by atoms with E-state index < -0.39 is 0 Å². The Kier molecular flexibility index (Phi) is 5.52. The highest BCUT2D eigenvalue weighted by Gasteiger charge is 2.10. The van der Waals surface area contributed by atoms with Gasteiger partial charge in [0, 0.05) is 4.47 Å². The standard InChI is InChI=1S/C30H21Br/c31-30-21-25(22-10-4-1-5-11-22)16-17-29(30)28-19-26(23-12-6-2-7-13-23)18-27(20-28)24-14-8-3-9-15-24/h1-21H. The van der Waals surface area contributed by atoms with Gasteiger partial charge < -0.3 is 0 Å². The summed E-state index contributed by atoms with van der Waals surface area (Å²) in [4.78, 5) is 0. The molecule has 31 heavy (non-hydrogen) atoms. The molecule has 0 atom stereocenters. The molecule has 5 rings (SSSR count). The minimum absolute atomic E-state index is 1.10. The van der Waals surface area contributed by atoms with Gasteiger partial charge in [-0.3, -0.25) is 0 Å². The summed E-state index contributed by atoms with van der Waals surface area (Å²) in [6, 6.07) is 45.1. The van der Waals surface area contributed by atoms with Gasteiger partial charge >= 0.3 is 0 Å². The molecule has 0 unspecified atom stereocenters. The molecule has 0 nitrogen and oxygen atoms in total. The minimum atomic E-state index is 1.10. The Morgan fingerprint density at radius 3 is 1.19 bits per heavy atom. The van der Waals surface area contributed by atoms with Crippen molar-refractivity contribution in [1.82, 2.24) is 0 Å².